The molecule has 272 valence electrons. The Morgan fingerprint density at radius 3 is 2.38 bits per heavy atom. The average molecular weight is 714 g/mol. The third-order valence-corrected chi connectivity index (χ3v) is 10.9. The number of carbonyl (C=O) groups excluding carboxylic acids is 4. The standard InChI is InChI=1S/C35H47N5O9S/c1-9-21-18-35(21,31(43)39-50(45,46)23-13-14-23)38-28(41)24-17-22(48-29-26-20(15-16-36-29)11-10-12-25(26)47-8)19-40(24)30(42)27(33(2,3)4)37-32(44)49-34(5,6)7/h9-12,15-16,21-24,27H,1,13-14,17-19H2,2-8H3,(H,37,44)(H,38,41)(H,39,43)/t21-,22-,24+,27-,35-/m1/s1. The predicted octanol–water partition coefficient (Wildman–Crippen LogP) is 3.20. The van der Waals surface area contributed by atoms with Gasteiger partial charge in [-0.2, -0.15) is 0 Å². The van der Waals surface area contributed by atoms with E-state index in [0.29, 0.717) is 24.0 Å². The molecule has 0 unspecified atom stereocenters. The maximum absolute atomic E-state index is 14.4. The molecule has 4 amide bonds. The molecule has 2 aromatic rings. The summed E-state index contributed by atoms with van der Waals surface area (Å²) >= 11 is 0. The van der Waals surface area contributed by atoms with Crippen LogP contribution in [0.2, 0.25) is 0 Å². The summed E-state index contributed by atoms with van der Waals surface area (Å²) in [5.74, 6) is -1.85. The van der Waals surface area contributed by atoms with E-state index in [4.69, 9.17) is 14.2 Å². The van der Waals surface area contributed by atoms with Crippen LogP contribution < -0.4 is 24.8 Å². The van der Waals surface area contributed by atoms with Crippen LogP contribution >= 0.6 is 0 Å². The summed E-state index contributed by atoms with van der Waals surface area (Å²) in [7, 11) is -2.37. The third-order valence-electron chi connectivity index (χ3n) is 9.09. The number of carbonyl (C=O) groups is 4. The van der Waals surface area contributed by atoms with Crippen LogP contribution in [0.5, 0.6) is 11.6 Å². The highest BCUT2D eigenvalue weighted by Crippen LogP contribution is 2.45. The Hall–Kier alpha value is -4.40. The number of nitrogens with one attached hydrogen (secondary N) is 3. The van der Waals surface area contributed by atoms with Gasteiger partial charge in [-0.05, 0) is 63.0 Å². The minimum absolute atomic E-state index is 0.00488. The van der Waals surface area contributed by atoms with Crippen molar-refractivity contribution >= 4 is 44.6 Å². The summed E-state index contributed by atoms with van der Waals surface area (Å²) in [6, 6.07) is 5.01. The fraction of sp³-hybridized carbons (Fsp3) is 0.571. The number of rotatable bonds is 11. The number of ether oxygens (including phenoxy) is 3. The lowest BCUT2D eigenvalue weighted by Crippen LogP contribution is -2.60. The highest BCUT2D eigenvalue weighted by Gasteiger charge is 2.62. The summed E-state index contributed by atoms with van der Waals surface area (Å²) < 4.78 is 44.9. The number of nitrogens with zero attached hydrogens (tertiary/aromatic N) is 2. The lowest BCUT2D eigenvalue weighted by atomic mass is 9.85. The van der Waals surface area contributed by atoms with Crippen molar-refractivity contribution in [3.63, 3.8) is 0 Å². The van der Waals surface area contributed by atoms with Gasteiger partial charge in [0, 0.05) is 18.5 Å². The van der Waals surface area contributed by atoms with Gasteiger partial charge in [-0.25, -0.2) is 18.2 Å². The predicted molar refractivity (Wildman–Crippen MR) is 185 cm³/mol. The highest BCUT2D eigenvalue weighted by atomic mass is 32.2. The van der Waals surface area contributed by atoms with Gasteiger partial charge in [-0.1, -0.05) is 39.0 Å². The van der Waals surface area contributed by atoms with Crippen molar-refractivity contribution in [2.75, 3.05) is 13.7 Å². The van der Waals surface area contributed by atoms with Gasteiger partial charge < -0.3 is 29.7 Å². The number of fused-ring (bicyclic) bond motifs is 1. The molecule has 0 radical (unpaired) electrons. The number of amides is 4. The number of pyridine rings is 1. The van der Waals surface area contributed by atoms with Crippen molar-refractivity contribution in [2.45, 2.75) is 102 Å². The number of aromatic nitrogens is 1. The van der Waals surface area contributed by atoms with Crippen LogP contribution in [-0.4, -0.2) is 90.3 Å². The van der Waals surface area contributed by atoms with Crippen LogP contribution in [0.15, 0.2) is 43.1 Å². The van der Waals surface area contributed by atoms with Crippen molar-refractivity contribution in [3.8, 4) is 11.6 Å². The lowest BCUT2D eigenvalue weighted by Gasteiger charge is -2.36. The molecule has 3 fully saturated rings. The summed E-state index contributed by atoms with van der Waals surface area (Å²) in [6.07, 6.45) is 2.59. The fourth-order valence-electron chi connectivity index (χ4n) is 6.22. The number of likely N-dealkylation sites (tertiary alicyclic amines) is 1. The van der Waals surface area contributed by atoms with Crippen LogP contribution in [0, 0.1) is 11.3 Å². The van der Waals surface area contributed by atoms with Crippen molar-refractivity contribution < 1.29 is 41.8 Å². The van der Waals surface area contributed by atoms with Crippen molar-refractivity contribution in [1.29, 1.82) is 0 Å². The lowest BCUT2D eigenvalue weighted by molar-refractivity contribution is -0.143. The minimum Gasteiger partial charge on any atom is -0.496 e. The van der Waals surface area contributed by atoms with E-state index in [9.17, 15) is 27.6 Å². The van der Waals surface area contributed by atoms with Gasteiger partial charge in [-0.3, -0.25) is 19.1 Å². The second kappa shape index (κ2) is 13.4. The Morgan fingerprint density at radius 1 is 1.10 bits per heavy atom. The van der Waals surface area contributed by atoms with Gasteiger partial charge in [-0.15, -0.1) is 6.58 Å². The van der Waals surface area contributed by atoms with E-state index < -0.39 is 79.7 Å². The fourth-order valence-corrected chi connectivity index (χ4v) is 7.58. The molecule has 1 aliphatic heterocycles. The Bertz CT molecular complexity index is 1790. The van der Waals surface area contributed by atoms with Gasteiger partial charge in [0.25, 0.3) is 5.91 Å². The molecule has 1 saturated heterocycles. The molecular weight excluding hydrogens is 666 g/mol. The van der Waals surface area contributed by atoms with Gasteiger partial charge in [0.05, 0.1) is 24.3 Å². The van der Waals surface area contributed by atoms with Gasteiger partial charge in [0.1, 0.15) is 35.1 Å². The Balaban J connectivity index is 1.46. The SMILES string of the molecule is C=C[C@@H]1C[C@]1(NC(=O)[C@@H]1C[C@@H](Oc2nccc3cccc(OC)c23)CN1C(=O)[C@@H](NC(=O)OC(C)(C)C)C(C)(C)C)C(=O)NS(=O)(=O)C1CC1. The Labute approximate surface area is 292 Å². The minimum atomic E-state index is -3.90. The first kappa shape index (κ1) is 36.9. The zero-order valence-electron chi connectivity index (χ0n) is 29.6. The van der Waals surface area contributed by atoms with Gasteiger partial charge in [0.15, 0.2) is 0 Å². The van der Waals surface area contributed by atoms with Crippen LogP contribution in [0.25, 0.3) is 10.8 Å². The zero-order chi connectivity index (χ0) is 36.8. The van der Waals surface area contributed by atoms with Gasteiger partial charge in [0.2, 0.25) is 27.7 Å². The van der Waals surface area contributed by atoms with E-state index >= 15 is 0 Å². The molecule has 50 heavy (non-hydrogen) atoms. The molecule has 15 heteroatoms. The van der Waals surface area contributed by atoms with Crippen LogP contribution in [-0.2, 0) is 29.1 Å². The van der Waals surface area contributed by atoms with Crippen LogP contribution in [0.1, 0.15) is 67.2 Å². The molecule has 2 saturated carbocycles. The van der Waals surface area contributed by atoms with E-state index in [1.807, 2.05) is 12.1 Å². The molecule has 2 heterocycles. The summed E-state index contributed by atoms with van der Waals surface area (Å²) in [5, 5.41) is 6.24. The topological polar surface area (TPSA) is 182 Å². The molecule has 1 aromatic carbocycles. The first-order valence-electron chi connectivity index (χ1n) is 16.7. The molecule has 1 aromatic heterocycles. The molecule has 3 N–H and O–H groups in total. The Morgan fingerprint density at radius 2 is 1.80 bits per heavy atom. The Kier molecular flexibility index (Phi) is 9.87. The molecular formula is C35H47N5O9S. The molecule has 14 nitrogen and oxygen atoms in total. The summed E-state index contributed by atoms with van der Waals surface area (Å²) in [5.41, 5.74) is -3.21. The number of hydrogen-bond acceptors (Lipinski definition) is 10. The maximum atomic E-state index is 14.4. The largest absolute Gasteiger partial charge is 0.496 e. The summed E-state index contributed by atoms with van der Waals surface area (Å²) in [4.78, 5) is 60.8. The molecule has 5 rings (SSSR count). The number of hydrogen-bond donors (Lipinski definition) is 3. The molecule has 5 atom stereocenters. The zero-order valence-corrected chi connectivity index (χ0v) is 30.4. The monoisotopic (exact) mass is 713 g/mol. The normalized spacial score (nSPS) is 24.1. The van der Waals surface area contributed by atoms with Crippen LogP contribution in [0.3, 0.4) is 0 Å². The first-order chi connectivity index (χ1) is 23.3. The van der Waals surface area contributed by atoms with E-state index in [-0.39, 0.29) is 25.3 Å². The molecule has 2 aliphatic carbocycles. The third kappa shape index (κ3) is 7.82. The van der Waals surface area contributed by atoms with E-state index in [1.54, 1.807) is 59.9 Å². The van der Waals surface area contributed by atoms with E-state index in [2.05, 4.69) is 26.9 Å². The van der Waals surface area contributed by atoms with E-state index in [0.717, 1.165) is 5.39 Å². The number of alkyl carbamates (subject to hydrolysis) is 1. The van der Waals surface area contributed by atoms with E-state index in [1.165, 1.54) is 18.1 Å². The number of methoxy groups -OCH3 is 1. The van der Waals surface area contributed by atoms with Crippen LogP contribution in [0.4, 0.5) is 4.79 Å². The smallest absolute Gasteiger partial charge is 0.408 e. The van der Waals surface area contributed by atoms with Crippen molar-refractivity contribution in [2.24, 2.45) is 11.3 Å². The second-order valence-electron chi connectivity index (χ2n) is 15.3. The summed E-state index contributed by atoms with van der Waals surface area (Å²) in [6.45, 7) is 14.1. The molecule has 0 spiro atoms. The molecule has 0 bridgehead atoms. The maximum Gasteiger partial charge on any atom is 0.408 e. The quantitative estimate of drug-likeness (QED) is 0.293. The van der Waals surface area contributed by atoms with Gasteiger partial charge >= 0.3 is 6.09 Å². The second-order valence-corrected chi connectivity index (χ2v) is 17.2. The molecule has 3 aliphatic rings. The number of sulfonamides is 1. The number of benzene rings is 1. The van der Waals surface area contributed by atoms with Crippen molar-refractivity contribution in [1.82, 2.24) is 25.2 Å². The van der Waals surface area contributed by atoms with Crippen molar-refractivity contribution in [3.05, 3.63) is 43.1 Å². The average Bonchev–Trinajstić information content (AvgIpc) is 3.95. The first-order valence-corrected chi connectivity index (χ1v) is 18.2. The highest BCUT2D eigenvalue weighted by molar-refractivity contribution is 7.91.